The zero-order valence-corrected chi connectivity index (χ0v) is 16.8. The van der Waals surface area contributed by atoms with E-state index in [1.165, 1.54) is 0 Å². The van der Waals surface area contributed by atoms with E-state index in [4.69, 9.17) is 0 Å². The fraction of sp³-hybridized carbons (Fsp3) is 0.263. The molecule has 4 N–H and O–H groups in total. The molecule has 0 aliphatic heterocycles. The van der Waals surface area contributed by atoms with Crippen LogP contribution < -0.4 is 20.7 Å². The third-order valence-corrected chi connectivity index (χ3v) is 4.09. The van der Waals surface area contributed by atoms with E-state index in [0.717, 1.165) is 11.8 Å². The summed E-state index contributed by atoms with van der Waals surface area (Å²) in [6.07, 6.45) is 1.07. The number of rotatable bonds is 7. The third kappa shape index (κ3) is 7.28. The summed E-state index contributed by atoms with van der Waals surface area (Å²) in [6.45, 7) is 3.93. The van der Waals surface area contributed by atoms with Crippen LogP contribution in [-0.2, 0) is 16.6 Å². The molecular weight excluding hydrogens is 380 g/mol. The second-order valence-corrected chi connectivity index (χ2v) is 8.34. The van der Waals surface area contributed by atoms with Crippen LogP contribution in [0.5, 0.6) is 0 Å². The quantitative estimate of drug-likeness (QED) is 0.567. The second kappa shape index (κ2) is 9.23. The number of nitrogens with one attached hydrogen (secondary N) is 4. The highest BCUT2D eigenvalue weighted by Gasteiger charge is 2.09. The van der Waals surface area contributed by atoms with Gasteiger partial charge in [-0.3, -0.25) is 9.52 Å². The molecule has 2 aromatic carbocycles. The van der Waals surface area contributed by atoms with Crippen LogP contribution >= 0.6 is 0 Å². The fourth-order valence-electron chi connectivity index (χ4n) is 2.41. The Morgan fingerprint density at radius 3 is 2.36 bits per heavy atom. The molecule has 0 atom stereocenters. The van der Waals surface area contributed by atoms with Crippen molar-refractivity contribution in [3.63, 3.8) is 0 Å². The highest BCUT2D eigenvalue weighted by molar-refractivity contribution is 7.92. The molecule has 150 valence electrons. The van der Waals surface area contributed by atoms with Crippen LogP contribution in [0.25, 0.3) is 0 Å². The standard InChI is InChI=1S/C19H24N4O4S/c1-13(2)21-19(25)22-16-8-5-7-15(11-16)18(24)20-12-14-6-4-9-17(10-14)23-28(3,26)27/h4-11,13,23H,12H2,1-3H3,(H,20,24)(H2,21,22,25). The molecule has 0 aromatic heterocycles. The molecule has 2 rings (SSSR count). The first kappa shape index (κ1) is 21.2. The zero-order chi connectivity index (χ0) is 20.7. The van der Waals surface area contributed by atoms with Crippen molar-refractivity contribution >= 4 is 33.3 Å². The van der Waals surface area contributed by atoms with Gasteiger partial charge in [0.25, 0.3) is 5.91 Å². The Morgan fingerprint density at radius 2 is 1.68 bits per heavy atom. The molecule has 0 unspecified atom stereocenters. The molecular formula is C19H24N4O4S. The van der Waals surface area contributed by atoms with Gasteiger partial charge in [-0.1, -0.05) is 18.2 Å². The summed E-state index contributed by atoms with van der Waals surface area (Å²) >= 11 is 0. The van der Waals surface area contributed by atoms with Crippen molar-refractivity contribution in [3.8, 4) is 0 Å². The number of anilines is 2. The first-order chi connectivity index (χ1) is 13.1. The maximum Gasteiger partial charge on any atom is 0.319 e. The van der Waals surface area contributed by atoms with Crippen molar-refractivity contribution in [2.45, 2.75) is 26.4 Å². The summed E-state index contributed by atoms with van der Waals surface area (Å²) < 4.78 is 25.0. The molecule has 0 radical (unpaired) electrons. The molecule has 0 aliphatic rings. The fourth-order valence-corrected chi connectivity index (χ4v) is 2.97. The summed E-state index contributed by atoms with van der Waals surface area (Å²) in [5, 5.41) is 8.16. The Balaban J connectivity index is 1.99. The number of carbonyl (C=O) groups is 2. The number of hydrogen-bond donors (Lipinski definition) is 4. The van der Waals surface area contributed by atoms with Crippen molar-refractivity contribution < 1.29 is 18.0 Å². The van der Waals surface area contributed by atoms with Gasteiger partial charge in [0.15, 0.2) is 0 Å². The molecule has 28 heavy (non-hydrogen) atoms. The highest BCUT2D eigenvalue weighted by atomic mass is 32.2. The number of carbonyl (C=O) groups excluding carboxylic acids is 2. The lowest BCUT2D eigenvalue weighted by atomic mass is 10.1. The van der Waals surface area contributed by atoms with Crippen LogP contribution in [0.15, 0.2) is 48.5 Å². The topological polar surface area (TPSA) is 116 Å². The molecule has 0 aliphatic carbocycles. The van der Waals surface area contributed by atoms with Gasteiger partial charge in [-0.05, 0) is 49.7 Å². The van der Waals surface area contributed by atoms with Crippen molar-refractivity contribution in [1.82, 2.24) is 10.6 Å². The maximum absolute atomic E-state index is 12.4. The van der Waals surface area contributed by atoms with E-state index in [1.54, 1.807) is 48.5 Å². The lowest BCUT2D eigenvalue weighted by Gasteiger charge is -2.11. The summed E-state index contributed by atoms with van der Waals surface area (Å²) in [5.41, 5.74) is 2.07. The van der Waals surface area contributed by atoms with Gasteiger partial charge < -0.3 is 16.0 Å². The average Bonchev–Trinajstić information content (AvgIpc) is 2.58. The number of benzene rings is 2. The minimum Gasteiger partial charge on any atom is -0.348 e. The van der Waals surface area contributed by atoms with Crippen LogP contribution in [-0.4, -0.2) is 32.7 Å². The van der Waals surface area contributed by atoms with Gasteiger partial charge in [-0.25, -0.2) is 13.2 Å². The van der Waals surface area contributed by atoms with Gasteiger partial charge in [0.05, 0.1) is 6.26 Å². The molecule has 8 nitrogen and oxygen atoms in total. The number of hydrogen-bond acceptors (Lipinski definition) is 4. The van der Waals surface area contributed by atoms with E-state index in [1.807, 2.05) is 13.8 Å². The minimum absolute atomic E-state index is 0.000528. The largest absolute Gasteiger partial charge is 0.348 e. The van der Waals surface area contributed by atoms with Gasteiger partial charge in [0.2, 0.25) is 10.0 Å². The van der Waals surface area contributed by atoms with Gasteiger partial charge in [0.1, 0.15) is 0 Å². The van der Waals surface area contributed by atoms with Crippen LogP contribution in [0, 0.1) is 0 Å². The zero-order valence-electron chi connectivity index (χ0n) is 15.9. The molecule has 0 heterocycles. The third-order valence-electron chi connectivity index (χ3n) is 3.49. The smallest absolute Gasteiger partial charge is 0.319 e. The molecule has 0 fully saturated rings. The van der Waals surface area contributed by atoms with E-state index in [-0.39, 0.29) is 24.5 Å². The Bertz CT molecular complexity index is 958. The molecule has 0 bridgehead atoms. The van der Waals surface area contributed by atoms with Crippen LogP contribution in [0.4, 0.5) is 16.2 Å². The first-order valence-corrected chi connectivity index (χ1v) is 10.5. The molecule has 0 saturated heterocycles. The van der Waals surface area contributed by atoms with E-state index < -0.39 is 10.0 Å². The van der Waals surface area contributed by atoms with Crippen LogP contribution in [0.3, 0.4) is 0 Å². The number of amides is 3. The Morgan fingerprint density at radius 1 is 1.00 bits per heavy atom. The van der Waals surface area contributed by atoms with Gasteiger partial charge in [-0.2, -0.15) is 0 Å². The molecule has 2 aromatic rings. The van der Waals surface area contributed by atoms with E-state index in [0.29, 0.717) is 16.9 Å². The monoisotopic (exact) mass is 404 g/mol. The number of urea groups is 1. The molecule has 3 amide bonds. The lowest BCUT2D eigenvalue weighted by Crippen LogP contribution is -2.34. The summed E-state index contributed by atoms with van der Waals surface area (Å²) in [5.74, 6) is -0.311. The highest BCUT2D eigenvalue weighted by Crippen LogP contribution is 2.13. The van der Waals surface area contributed by atoms with Gasteiger partial charge in [0, 0.05) is 29.5 Å². The second-order valence-electron chi connectivity index (χ2n) is 6.59. The van der Waals surface area contributed by atoms with Gasteiger partial charge >= 0.3 is 6.03 Å². The van der Waals surface area contributed by atoms with E-state index in [2.05, 4.69) is 20.7 Å². The van der Waals surface area contributed by atoms with Crippen LogP contribution in [0.1, 0.15) is 29.8 Å². The van der Waals surface area contributed by atoms with E-state index in [9.17, 15) is 18.0 Å². The lowest BCUT2D eigenvalue weighted by molar-refractivity contribution is 0.0951. The Hall–Kier alpha value is -3.07. The average molecular weight is 404 g/mol. The normalized spacial score (nSPS) is 11.0. The van der Waals surface area contributed by atoms with Crippen molar-refractivity contribution in [2.75, 3.05) is 16.3 Å². The number of sulfonamides is 1. The van der Waals surface area contributed by atoms with E-state index >= 15 is 0 Å². The first-order valence-electron chi connectivity index (χ1n) is 8.65. The van der Waals surface area contributed by atoms with Crippen molar-refractivity contribution in [1.29, 1.82) is 0 Å². The van der Waals surface area contributed by atoms with Crippen molar-refractivity contribution in [2.24, 2.45) is 0 Å². The molecule has 0 saturated carbocycles. The van der Waals surface area contributed by atoms with Crippen LogP contribution in [0.2, 0.25) is 0 Å². The minimum atomic E-state index is -3.37. The summed E-state index contributed by atoms with van der Waals surface area (Å²) in [7, 11) is -3.37. The predicted octanol–water partition coefficient (Wildman–Crippen LogP) is 2.52. The molecule has 0 spiro atoms. The van der Waals surface area contributed by atoms with Crippen molar-refractivity contribution in [3.05, 3.63) is 59.7 Å². The maximum atomic E-state index is 12.4. The Kier molecular flexibility index (Phi) is 7.00. The van der Waals surface area contributed by atoms with Gasteiger partial charge in [-0.15, -0.1) is 0 Å². The summed E-state index contributed by atoms with van der Waals surface area (Å²) in [4.78, 5) is 24.2. The Labute approximate surface area is 164 Å². The summed E-state index contributed by atoms with van der Waals surface area (Å²) in [6, 6.07) is 13.0. The SMILES string of the molecule is CC(C)NC(=O)Nc1cccc(C(=O)NCc2cccc(NS(C)(=O)=O)c2)c1. The molecule has 9 heteroatoms. The predicted molar refractivity (Wildman–Crippen MR) is 110 cm³/mol.